The molecule has 1 aliphatic heterocycles. The lowest BCUT2D eigenvalue weighted by Gasteiger charge is -2.31. The fraction of sp³-hybridized carbons (Fsp3) is 0.316. The highest BCUT2D eigenvalue weighted by Gasteiger charge is 2.25. The number of amides is 1. The Kier molecular flexibility index (Phi) is 5.39. The molecule has 5 nitrogen and oxygen atoms in total. The molecular weight excluding hydrogens is 416 g/mol. The van der Waals surface area contributed by atoms with Crippen molar-refractivity contribution in [1.82, 2.24) is 0 Å². The molecule has 0 unspecified atom stereocenters. The van der Waals surface area contributed by atoms with E-state index in [9.17, 15) is 13.2 Å². The number of hydrogen-bond acceptors (Lipinski definition) is 3. The summed E-state index contributed by atoms with van der Waals surface area (Å²) >= 11 is 3.30. The summed E-state index contributed by atoms with van der Waals surface area (Å²) in [5.41, 5.74) is 2.32. The third-order valence-electron chi connectivity index (χ3n) is 4.34. The molecule has 0 saturated carbocycles. The number of carbonyl (C=O) groups excluding carboxylic acids is 1. The topological polar surface area (TPSA) is 66.5 Å². The van der Waals surface area contributed by atoms with E-state index >= 15 is 0 Å². The molecule has 2 aromatic carbocycles. The number of carbonyl (C=O) groups is 1. The van der Waals surface area contributed by atoms with Crippen LogP contribution in [0.5, 0.6) is 0 Å². The summed E-state index contributed by atoms with van der Waals surface area (Å²) in [6.07, 6.45) is 1.80. The first-order chi connectivity index (χ1) is 12.3. The van der Waals surface area contributed by atoms with Gasteiger partial charge in [-0.2, -0.15) is 0 Å². The number of rotatable bonds is 4. The van der Waals surface area contributed by atoms with Crippen molar-refractivity contribution in [2.24, 2.45) is 5.92 Å². The fourth-order valence-corrected chi connectivity index (χ4v) is 4.32. The Morgan fingerprint density at radius 1 is 1.15 bits per heavy atom. The molecule has 0 atom stereocenters. The Bertz CT molecular complexity index is 924. The molecule has 0 saturated heterocycles. The Balaban J connectivity index is 1.92. The molecule has 138 valence electrons. The normalized spacial score (nSPS) is 14.2. The number of nitrogens with one attached hydrogen (secondary N) is 1. The minimum absolute atomic E-state index is 0.0545. The minimum atomic E-state index is -3.68. The Hall–Kier alpha value is -1.86. The Morgan fingerprint density at radius 3 is 2.50 bits per heavy atom. The van der Waals surface area contributed by atoms with Crippen LogP contribution in [0.4, 0.5) is 11.4 Å². The first-order valence-electron chi connectivity index (χ1n) is 8.50. The van der Waals surface area contributed by atoms with Gasteiger partial charge in [-0.05, 0) is 54.8 Å². The number of anilines is 2. The van der Waals surface area contributed by atoms with Gasteiger partial charge in [0.25, 0.3) is 10.0 Å². The third-order valence-corrected chi connectivity index (χ3v) is 6.27. The molecule has 1 aliphatic rings. The zero-order valence-electron chi connectivity index (χ0n) is 14.7. The predicted octanol–water partition coefficient (Wildman–Crippen LogP) is 4.19. The van der Waals surface area contributed by atoms with Crippen LogP contribution in [-0.2, 0) is 21.2 Å². The van der Waals surface area contributed by atoms with Gasteiger partial charge in [0.1, 0.15) is 0 Å². The highest BCUT2D eigenvalue weighted by molar-refractivity contribution is 9.10. The van der Waals surface area contributed by atoms with E-state index in [1.54, 1.807) is 41.3 Å². The first-order valence-corrected chi connectivity index (χ1v) is 10.8. The van der Waals surface area contributed by atoms with Crippen LogP contribution >= 0.6 is 15.9 Å². The van der Waals surface area contributed by atoms with Crippen molar-refractivity contribution in [1.29, 1.82) is 0 Å². The summed E-state index contributed by atoms with van der Waals surface area (Å²) in [4.78, 5) is 14.4. The van der Waals surface area contributed by atoms with Crippen molar-refractivity contribution < 1.29 is 13.2 Å². The van der Waals surface area contributed by atoms with Crippen molar-refractivity contribution in [3.63, 3.8) is 0 Å². The standard InChI is InChI=1S/C19H21BrN2O3S/c1-13(2)19(23)22-11-3-4-14-5-8-16(12-18(14)22)21-26(24,25)17-9-6-15(20)7-10-17/h5-10,12-13,21H,3-4,11H2,1-2H3. The summed E-state index contributed by atoms with van der Waals surface area (Å²) in [5.74, 6) is -0.0528. The Morgan fingerprint density at radius 2 is 1.85 bits per heavy atom. The quantitative estimate of drug-likeness (QED) is 0.781. The van der Waals surface area contributed by atoms with Gasteiger partial charge >= 0.3 is 0 Å². The van der Waals surface area contributed by atoms with Gasteiger partial charge < -0.3 is 4.90 Å². The summed E-state index contributed by atoms with van der Waals surface area (Å²) in [6.45, 7) is 4.40. The lowest BCUT2D eigenvalue weighted by molar-refractivity contribution is -0.121. The zero-order chi connectivity index (χ0) is 18.9. The van der Waals surface area contributed by atoms with Crippen molar-refractivity contribution in [2.45, 2.75) is 31.6 Å². The van der Waals surface area contributed by atoms with Gasteiger partial charge in [0.15, 0.2) is 0 Å². The second-order valence-corrected chi connectivity index (χ2v) is 9.25. The number of fused-ring (bicyclic) bond motifs is 1. The molecular formula is C19H21BrN2O3S. The van der Waals surface area contributed by atoms with Crippen LogP contribution in [0.3, 0.4) is 0 Å². The largest absolute Gasteiger partial charge is 0.312 e. The van der Waals surface area contributed by atoms with E-state index in [0.717, 1.165) is 28.6 Å². The molecule has 0 spiro atoms. The van der Waals surface area contributed by atoms with Crippen LogP contribution in [-0.4, -0.2) is 20.9 Å². The van der Waals surface area contributed by atoms with Gasteiger partial charge in [0.2, 0.25) is 5.91 Å². The van der Waals surface area contributed by atoms with Gasteiger partial charge in [-0.15, -0.1) is 0 Å². The monoisotopic (exact) mass is 436 g/mol. The SMILES string of the molecule is CC(C)C(=O)N1CCCc2ccc(NS(=O)(=O)c3ccc(Br)cc3)cc21. The molecule has 0 aromatic heterocycles. The molecule has 0 radical (unpaired) electrons. The molecule has 1 amide bonds. The molecule has 3 rings (SSSR count). The molecule has 1 heterocycles. The van der Waals surface area contributed by atoms with E-state index in [4.69, 9.17) is 0 Å². The van der Waals surface area contributed by atoms with E-state index in [0.29, 0.717) is 12.2 Å². The van der Waals surface area contributed by atoms with E-state index in [1.165, 1.54) is 0 Å². The van der Waals surface area contributed by atoms with Crippen LogP contribution in [0.15, 0.2) is 51.8 Å². The number of halogens is 1. The van der Waals surface area contributed by atoms with Crippen LogP contribution in [0.1, 0.15) is 25.8 Å². The molecule has 0 bridgehead atoms. The maximum absolute atomic E-state index is 12.6. The molecule has 1 N–H and O–H groups in total. The molecule has 0 aliphatic carbocycles. The average molecular weight is 437 g/mol. The second-order valence-electron chi connectivity index (χ2n) is 6.65. The Labute approximate surface area is 162 Å². The molecule has 0 fully saturated rings. The third kappa shape index (κ3) is 3.94. The predicted molar refractivity (Wildman–Crippen MR) is 107 cm³/mol. The number of sulfonamides is 1. The van der Waals surface area contributed by atoms with Gasteiger partial charge in [0.05, 0.1) is 10.6 Å². The van der Waals surface area contributed by atoms with Crippen molar-refractivity contribution in [3.8, 4) is 0 Å². The number of benzene rings is 2. The lowest BCUT2D eigenvalue weighted by Crippen LogP contribution is -2.38. The lowest BCUT2D eigenvalue weighted by atomic mass is 9.99. The van der Waals surface area contributed by atoms with Crippen LogP contribution in [0, 0.1) is 5.92 Å². The van der Waals surface area contributed by atoms with Crippen molar-refractivity contribution >= 4 is 43.2 Å². The maximum Gasteiger partial charge on any atom is 0.261 e. The zero-order valence-corrected chi connectivity index (χ0v) is 17.1. The summed E-state index contributed by atoms with van der Waals surface area (Å²) in [6, 6.07) is 11.9. The van der Waals surface area contributed by atoms with Crippen LogP contribution in [0.25, 0.3) is 0 Å². The maximum atomic E-state index is 12.6. The summed E-state index contributed by atoms with van der Waals surface area (Å²) in [5, 5.41) is 0. The number of aryl methyl sites for hydroxylation is 1. The van der Waals surface area contributed by atoms with Gasteiger partial charge in [0, 0.05) is 22.6 Å². The summed E-state index contributed by atoms with van der Waals surface area (Å²) in [7, 11) is -3.68. The fourth-order valence-electron chi connectivity index (χ4n) is 3.01. The summed E-state index contributed by atoms with van der Waals surface area (Å²) < 4.78 is 28.6. The van der Waals surface area contributed by atoms with E-state index in [-0.39, 0.29) is 16.7 Å². The molecule has 2 aromatic rings. The molecule has 7 heteroatoms. The second kappa shape index (κ2) is 7.40. The van der Waals surface area contributed by atoms with E-state index in [2.05, 4.69) is 20.7 Å². The van der Waals surface area contributed by atoms with Crippen molar-refractivity contribution in [3.05, 3.63) is 52.5 Å². The molecule has 26 heavy (non-hydrogen) atoms. The highest BCUT2D eigenvalue weighted by atomic mass is 79.9. The van der Waals surface area contributed by atoms with Gasteiger partial charge in [-0.3, -0.25) is 9.52 Å². The van der Waals surface area contributed by atoms with Crippen LogP contribution < -0.4 is 9.62 Å². The number of hydrogen-bond donors (Lipinski definition) is 1. The van der Waals surface area contributed by atoms with E-state index < -0.39 is 10.0 Å². The van der Waals surface area contributed by atoms with Crippen molar-refractivity contribution in [2.75, 3.05) is 16.2 Å². The average Bonchev–Trinajstić information content (AvgIpc) is 2.60. The van der Waals surface area contributed by atoms with E-state index in [1.807, 2.05) is 19.9 Å². The van der Waals surface area contributed by atoms with Crippen LogP contribution in [0.2, 0.25) is 0 Å². The minimum Gasteiger partial charge on any atom is -0.312 e. The first kappa shape index (κ1) is 18.9. The smallest absolute Gasteiger partial charge is 0.261 e. The highest BCUT2D eigenvalue weighted by Crippen LogP contribution is 2.32. The van der Waals surface area contributed by atoms with Gasteiger partial charge in [-0.1, -0.05) is 35.8 Å². The number of nitrogens with zero attached hydrogens (tertiary/aromatic N) is 1. The van der Waals surface area contributed by atoms with Gasteiger partial charge in [-0.25, -0.2) is 8.42 Å².